The highest BCUT2D eigenvalue weighted by atomic mass is 19.1. The third-order valence-electron chi connectivity index (χ3n) is 2.25. The van der Waals surface area contributed by atoms with E-state index in [9.17, 15) is 13.6 Å². The lowest BCUT2D eigenvalue weighted by molar-refractivity contribution is -0.116. The second-order valence-electron chi connectivity index (χ2n) is 3.32. The van der Waals surface area contributed by atoms with E-state index < -0.39 is 11.6 Å². The Balaban J connectivity index is 0.00000112. The maximum atomic E-state index is 13.2. The Kier molecular flexibility index (Phi) is 2.19. The minimum atomic E-state index is -0.699. The summed E-state index contributed by atoms with van der Waals surface area (Å²) in [7, 11) is 0. The zero-order valence-corrected chi connectivity index (χ0v) is 7.44. The van der Waals surface area contributed by atoms with Gasteiger partial charge in [0.05, 0.1) is 5.69 Å². The standard InChI is InChI=1S/C10H9F2NO.H2/c11-7-4-6-2-1-3-9(14)13-10(6)8(12)5-7;/h4-5H,1-3H2,(H,13,14);1H. The molecule has 1 N–H and O–H groups in total. The van der Waals surface area contributed by atoms with Gasteiger partial charge in [0.2, 0.25) is 5.91 Å². The van der Waals surface area contributed by atoms with Gasteiger partial charge in [-0.1, -0.05) is 0 Å². The Labute approximate surface area is 81.4 Å². The summed E-state index contributed by atoms with van der Waals surface area (Å²) in [4.78, 5) is 11.1. The van der Waals surface area contributed by atoms with Gasteiger partial charge >= 0.3 is 0 Å². The van der Waals surface area contributed by atoms with Crippen LogP contribution in [0.25, 0.3) is 0 Å². The highest BCUT2D eigenvalue weighted by molar-refractivity contribution is 5.92. The number of benzene rings is 1. The first-order valence-corrected chi connectivity index (χ1v) is 4.44. The molecule has 1 aromatic rings. The lowest BCUT2D eigenvalue weighted by atomic mass is 10.1. The minimum absolute atomic E-state index is 0. The van der Waals surface area contributed by atoms with Crippen LogP contribution in [0.3, 0.4) is 0 Å². The van der Waals surface area contributed by atoms with Crippen LogP contribution >= 0.6 is 0 Å². The normalized spacial score (nSPS) is 15.7. The summed E-state index contributed by atoms with van der Waals surface area (Å²) in [5.74, 6) is -1.51. The fourth-order valence-electron chi connectivity index (χ4n) is 1.61. The first-order valence-electron chi connectivity index (χ1n) is 4.44. The highest BCUT2D eigenvalue weighted by Gasteiger charge is 2.17. The van der Waals surface area contributed by atoms with Crippen LogP contribution in [-0.2, 0) is 11.2 Å². The van der Waals surface area contributed by atoms with Gasteiger partial charge in [0.25, 0.3) is 0 Å². The molecule has 0 spiro atoms. The van der Waals surface area contributed by atoms with E-state index in [4.69, 9.17) is 0 Å². The number of fused-ring (bicyclic) bond motifs is 1. The lowest BCUT2D eigenvalue weighted by Crippen LogP contribution is -2.10. The number of carbonyl (C=O) groups excluding carboxylic acids is 1. The summed E-state index contributed by atoms with van der Waals surface area (Å²) in [5, 5.41) is 2.44. The summed E-state index contributed by atoms with van der Waals surface area (Å²) in [6.45, 7) is 0. The lowest BCUT2D eigenvalue weighted by Gasteiger charge is -2.07. The molecule has 0 saturated heterocycles. The molecule has 2 nitrogen and oxygen atoms in total. The molecular weight excluding hydrogens is 188 g/mol. The molecule has 14 heavy (non-hydrogen) atoms. The van der Waals surface area contributed by atoms with Gasteiger partial charge in [-0.3, -0.25) is 4.79 Å². The molecule has 0 aliphatic carbocycles. The maximum absolute atomic E-state index is 13.2. The molecule has 1 aromatic carbocycles. The Bertz CT molecular complexity index is 395. The van der Waals surface area contributed by atoms with E-state index in [0.29, 0.717) is 24.8 Å². The van der Waals surface area contributed by atoms with Crippen molar-refractivity contribution in [2.75, 3.05) is 5.32 Å². The fraction of sp³-hybridized carbons (Fsp3) is 0.300. The largest absolute Gasteiger partial charge is 0.323 e. The van der Waals surface area contributed by atoms with Crippen LogP contribution < -0.4 is 5.32 Å². The average Bonchev–Trinajstić information content (AvgIpc) is 2.27. The van der Waals surface area contributed by atoms with Crippen LogP contribution in [0.4, 0.5) is 14.5 Å². The van der Waals surface area contributed by atoms with Gasteiger partial charge in [0.15, 0.2) is 0 Å². The molecule has 1 amide bonds. The van der Waals surface area contributed by atoms with Gasteiger partial charge in [0.1, 0.15) is 11.6 Å². The smallest absolute Gasteiger partial charge is 0.224 e. The van der Waals surface area contributed by atoms with E-state index in [1.807, 2.05) is 0 Å². The van der Waals surface area contributed by atoms with E-state index in [-0.39, 0.29) is 13.0 Å². The van der Waals surface area contributed by atoms with Crippen molar-refractivity contribution in [1.82, 2.24) is 0 Å². The number of nitrogens with one attached hydrogen (secondary N) is 1. The van der Waals surface area contributed by atoms with Crippen molar-refractivity contribution in [3.8, 4) is 0 Å². The summed E-state index contributed by atoms with van der Waals surface area (Å²) in [6, 6.07) is 2.05. The Morgan fingerprint density at radius 1 is 1.29 bits per heavy atom. The van der Waals surface area contributed by atoms with Gasteiger partial charge in [-0.25, -0.2) is 8.78 Å². The molecule has 1 aliphatic rings. The average molecular weight is 199 g/mol. The summed E-state index contributed by atoms with van der Waals surface area (Å²) in [6.07, 6.45) is 1.51. The van der Waals surface area contributed by atoms with E-state index in [2.05, 4.69) is 5.32 Å². The zero-order chi connectivity index (χ0) is 10.1. The number of carbonyl (C=O) groups is 1. The van der Waals surface area contributed by atoms with Gasteiger partial charge < -0.3 is 5.32 Å². The highest BCUT2D eigenvalue weighted by Crippen LogP contribution is 2.25. The monoisotopic (exact) mass is 199 g/mol. The molecule has 0 atom stereocenters. The molecule has 0 bridgehead atoms. The summed E-state index contributed by atoms with van der Waals surface area (Å²) < 4.78 is 26.1. The van der Waals surface area contributed by atoms with E-state index in [0.717, 1.165) is 6.07 Å². The maximum Gasteiger partial charge on any atom is 0.224 e. The van der Waals surface area contributed by atoms with E-state index in [1.165, 1.54) is 6.07 Å². The van der Waals surface area contributed by atoms with E-state index in [1.54, 1.807) is 0 Å². The van der Waals surface area contributed by atoms with Crippen molar-refractivity contribution >= 4 is 11.6 Å². The summed E-state index contributed by atoms with van der Waals surface area (Å²) in [5.41, 5.74) is 0.669. The van der Waals surface area contributed by atoms with Gasteiger partial charge in [-0.15, -0.1) is 0 Å². The molecule has 1 aliphatic heterocycles. The number of anilines is 1. The van der Waals surface area contributed by atoms with Crippen LogP contribution in [-0.4, -0.2) is 5.91 Å². The minimum Gasteiger partial charge on any atom is -0.323 e. The third kappa shape index (κ3) is 1.60. The Morgan fingerprint density at radius 2 is 2.07 bits per heavy atom. The van der Waals surface area contributed by atoms with Gasteiger partial charge in [0, 0.05) is 13.9 Å². The van der Waals surface area contributed by atoms with Crippen LogP contribution in [0.5, 0.6) is 0 Å². The van der Waals surface area contributed by atoms with Crippen molar-refractivity contribution in [1.29, 1.82) is 0 Å². The number of aryl methyl sites for hydroxylation is 1. The second-order valence-corrected chi connectivity index (χ2v) is 3.32. The van der Waals surface area contributed by atoms with Gasteiger partial charge in [-0.05, 0) is 24.5 Å². The molecule has 4 heteroatoms. The quantitative estimate of drug-likeness (QED) is 0.683. The molecule has 0 fully saturated rings. The second kappa shape index (κ2) is 3.36. The number of hydrogen-bond acceptors (Lipinski definition) is 1. The molecule has 1 heterocycles. The molecule has 0 unspecified atom stereocenters. The summed E-state index contributed by atoms with van der Waals surface area (Å²) >= 11 is 0. The van der Waals surface area contributed by atoms with Crippen molar-refractivity contribution < 1.29 is 15.0 Å². The number of hydrogen-bond donors (Lipinski definition) is 1. The molecule has 0 aromatic heterocycles. The van der Waals surface area contributed by atoms with Gasteiger partial charge in [-0.2, -0.15) is 0 Å². The van der Waals surface area contributed by atoms with Crippen LogP contribution in [0.1, 0.15) is 19.8 Å². The molecular formula is C10H11F2NO. The predicted octanol–water partition coefficient (Wildman–Crippen LogP) is 2.49. The topological polar surface area (TPSA) is 29.1 Å². The van der Waals surface area contributed by atoms with Crippen molar-refractivity contribution in [3.05, 3.63) is 29.3 Å². The van der Waals surface area contributed by atoms with Crippen LogP contribution in [0.15, 0.2) is 12.1 Å². The number of halogens is 2. The molecule has 2 rings (SSSR count). The van der Waals surface area contributed by atoms with Crippen LogP contribution in [0, 0.1) is 11.6 Å². The predicted molar refractivity (Wildman–Crippen MR) is 50.0 cm³/mol. The van der Waals surface area contributed by atoms with Crippen molar-refractivity contribution in [2.24, 2.45) is 0 Å². The Morgan fingerprint density at radius 3 is 2.86 bits per heavy atom. The zero-order valence-electron chi connectivity index (χ0n) is 7.44. The van der Waals surface area contributed by atoms with Crippen molar-refractivity contribution in [3.63, 3.8) is 0 Å². The first kappa shape index (κ1) is 9.12. The SMILES string of the molecule is O=C1CCCc2cc(F)cc(F)c2N1.[HH]. The van der Waals surface area contributed by atoms with Crippen LogP contribution in [0.2, 0.25) is 0 Å². The molecule has 76 valence electrons. The first-order chi connectivity index (χ1) is 6.66. The fourth-order valence-corrected chi connectivity index (χ4v) is 1.61. The number of rotatable bonds is 0. The van der Waals surface area contributed by atoms with Crippen molar-refractivity contribution in [2.45, 2.75) is 19.3 Å². The molecule has 0 radical (unpaired) electrons. The third-order valence-corrected chi connectivity index (χ3v) is 2.25. The van der Waals surface area contributed by atoms with E-state index >= 15 is 0 Å². The number of amides is 1. The molecule has 0 saturated carbocycles. The Hall–Kier alpha value is -1.45.